The molecule has 0 saturated heterocycles. The molecule has 3 rings (SSSR count). The molecule has 2 saturated carbocycles. The van der Waals surface area contributed by atoms with Crippen LogP contribution in [-0.4, -0.2) is 40.6 Å². The zero-order valence-corrected chi connectivity index (χ0v) is 22.7. The number of hydrogen-bond donors (Lipinski definition) is 1. The predicted octanol–water partition coefficient (Wildman–Crippen LogP) is 5.27. The lowest BCUT2D eigenvalue weighted by atomic mass is 9.80. The van der Waals surface area contributed by atoms with Crippen LogP contribution in [0.4, 0.5) is 0 Å². The number of aliphatic hydroxyl groups is 1. The van der Waals surface area contributed by atoms with Crippen LogP contribution < -0.4 is 0 Å². The molecule has 0 spiro atoms. The third kappa shape index (κ3) is 5.59. The molecule has 0 aromatic rings. The SMILES string of the molecule is CCC/C=C/C=C/C(=O)O[C@@H]1C[C@H]2[C@@H](/C=C(\C)C(=O)[C@@]3(OC(C)=O)C[C@@H](C)[C@H](O)[C@@H]3C=C1C)C2(C)C. The van der Waals surface area contributed by atoms with Gasteiger partial charge in [0, 0.05) is 19.4 Å². The van der Waals surface area contributed by atoms with Crippen molar-refractivity contribution in [3.05, 3.63) is 47.6 Å². The van der Waals surface area contributed by atoms with Gasteiger partial charge in [-0.25, -0.2) is 4.79 Å². The average molecular weight is 499 g/mol. The Kier molecular flexibility index (Phi) is 8.49. The molecule has 3 aliphatic rings. The third-order valence-electron chi connectivity index (χ3n) is 8.36. The Hall–Kier alpha value is -2.47. The number of ether oxygens (including phenoxy) is 2. The Labute approximate surface area is 215 Å². The van der Waals surface area contributed by atoms with Crippen LogP contribution in [0, 0.1) is 29.1 Å². The molecule has 6 heteroatoms. The number of ketones is 1. The molecule has 0 bridgehead atoms. The van der Waals surface area contributed by atoms with Crippen LogP contribution in [0.2, 0.25) is 0 Å². The van der Waals surface area contributed by atoms with E-state index in [1.165, 1.54) is 13.0 Å². The molecule has 0 aromatic carbocycles. The second-order valence-electron chi connectivity index (χ2n) is 11.5. The highest BCUT2D eigenvalue weighted by Crippen LogP contribution is 2.62. The van der Waals surface area contributed by atoms with Crippen LogP contribution >= 0.6 is 0 Å². The highest BCUT2D eigenvalue weighted by molar-refractivity contribution is 6.03. The minimum absolute atomic E-state index is 0.0547. The third-order valence-corrected chi connectivity index (χ3v) is 8.36. The van der Waals surface area contributed by atoms with Gasteiger partial charge in [0.25, 0.3) is 0 Å². The quantitative estimate of drug-likeness (QED) is 0.232. The summed E-state index contributed by atoms with van der Waals surface area (Å²) < 4.78 is 11.7. The molecule has 2 fully saturated rings. The Morgan fingerprint density at radius 2 is 1.86 bits per heavy atom. The first kappa shape index (κ1) is 28.1. The van der Waals surface area contributed by atoms with E-state index in [-0.39, 0.29) is 35.4 Å². The molecule has 0 aromatic heterocycles. The van der Waals surface area contributed by atoms with E-state index in [1.54, 1.807) is 19.1 Å². The van der Waals surface area contributed by atoms with Gasteiger partial charge in [-0.2, -0.15) is 0 Å². The predicted molar refractivity (Wildman–Crippen MR) is 139 cm³/mol. The van der Waals surface area contributed by atoms with Crippen LogP contribution in [-0.2, 0) is 23.9 Å². The van der Waals surface area contributed by atoms with E-state index in [0.717, 1.165) is 18.4 Å². The maximum atomic E-state index is 13.9. The fraction of sp³-hybridized carbons (Fsp3) is 0.633. The summed E-state index contributed by atoms with van der Waals surface area (Å²) in [6, 6.07) is 0. The highest BCUT2D eigenvalue weighted by atomic mass is 16.6. The number of fused-ring (bicyclic) bond motifs is 2. The Morgan fingerprint density at radius 3 is 2.50 bits per heavy atom. The molecule has 0 unspecified atom stereocenters. The first-order chi connectivity index (χ1) is 16.8. The number of aliphatic hydroxyl groups excluding tert-OH is 1. The van der Waals surface area contributed by atoms with Gasteiger partial charge in [0.2, 0.25) is 5.78 Å². The molecule has 3 aliphatic carbocycles. The standard InChI is InChI=1S/C30H42O6/c1-8-9-10-11-12-13-26(32)35-25-16-23-22(29(23,6)7)15-19(3)28(34)30(36-21(5)31)17-20(4)27(33)24(30)14-18(25)2/h10-15,20,22-25,27,33H,8-9,16-17H2,1-7H3/b11-10+,13-12+,18-14?,19-15+/t20-,22-,23+,24+,25-,27+,30-/m1/s1. The monoisotopic (exact) mass is 498 g/mol. The Balaban J connectivity index is 2.03. The number of hydrogen-bond acceptors (Lipinski definition) is 6. The minimum Gasteiger partial charge on any atom is -0.455 e. The van der Waals surface area contributed by atoms with Crippen molar-refractivity contribution in [3.8, 4) is 0 Å². The number of unbranched alkanes of at least 4 members (excludes halogenated alkanes) is 1. The van der Waals surface area contributed by atoms with E-state index in [4.69, 9.17) is 9.47 Å². The lowest BCUT2D eigenvalue weighted by molar-refractivity contribution is -0.168. The van der Waals surface area contributed by atoms with Gasteiger partial charge in [-0.1, -0.05) is 64.5 Å². The minimum atomic E-state index is -1.48. The van der Waals surface area contributed by atoms with E-state index in [9.17, 15) is 19.5 Å². The smallest absolute Gasteiger partial charge is 0.331 e. The topological polar surface area (TPSA) is 89.9 Å². The molecule has 6 nitrogen and oxygen atoms in total. The van der Waals surface area contributed by atoms with Crippen molar-refractivity contribution >= 4 is 17.7 Å². The van der Waals surface area contributed by atoms with Crippen LogP contribution in [0.5, 0.6) is 0 Å². The van der Waals surface area contributed by atoms with E-state index < -0.39 is 35.7 Å². The van der Waals surface area contributed by atoms with Gasteiger partial charge in [-0.05, 0) is 61.0 Å². The number of carbonyl (C=O) groups excluding carboxylic acids is 3. The largest absolute Gasteiger partial charge is 0.455 e. The zero-order valence-electron chi connectivity index (χ0n) is 22.7. The molecule has 7 atom stereocenters. The first-order valence-electron chi connectivity index (χ1n) is 13.2. The fourth-order valence-corrected chi connectivity index (χ4v) is 6.10. The van der Waals surface area contributed by atoms with Crippen molar-refractivity contribution in [1.82, 2.24) is 0 Å². The highest BCUT2D eigenvalue weighted by Gasteiger charge is 2.61. The number of allylic oxidation sites excluding steroid dienone is 4. The number of Topliss-reactive ketones (excluding diaryl/α,β-unsaturated/α-hetero) is 1. The molecule has 0 amide bonds. The van der Waals surface area contributed by atoms with Crippen molar-refractivity contribution in [2.24, 2.45) is 29.1 Å². The summed E-state index contributed by atoms with van der Waals surface area (Å²) in [6.45, 7) is 13.2. The van der Waals surface area contributed by atoms with Crippen LogP contribution in [0.1, 0.15) is 74.1 Å². The lowest BCUT2D eigenvalue weighted by Crippen LogP contribution is -2.48. The second-order valence-corrected chi connectivity index (χ2v) is 11.5. The Bertz CT molecular complexity index is 999. The van der Waals surface area contributed by atoms with E-state index in [1.807, 2.05) is 32.1 Å². The normalized spacial score (nSPS) is 37.4. The van der Waals surface area contributed by atoms with Gasteiger partial charge in [0.05, 0.1) is 12.0 Å². The molecule has 36 heavy (non-hydrogen) atoms. The second kappa shape index (κ2) is 10.9. The molecular formula is C30H42O6. The molecule has 198 valence electrons. The van der Waals surface area contributed by atoms with Crippen molar-refractivity contribution in [1.29, 1.82) is 0 Å². The summed E-state index contributed by atoms with van der Waals surface area (Å²) in [5, 5.41) is 11.1. The number of rotatable bonds is 6. The van der Waals surface area contributed by atoms with E-state index in [0.29, 0.717) is 12.0 Å². The number of esters is 2. The first-order valence-corrected chi connectivity index (χ1v) is 13.2. The Morgan fingerprint density at radius 1 is 1.17 bits per heavy atom. The van der Waals surface area contributed by atoms with Gasteiger partial charge >= 0.3 is 11.9 Å². The van der Waals surface area contributed by atoms with Crippen molar-refractivity contribution < 1.29 is 29.0 Å². The van der Waals surface area contributed by atoms with Crippen LogP contribution in [0.15, 0.2) is 47.6 Å². The van der Waals surface area contributed by atoms with Crippen LogP contribution in [0.25, 0.3) is 0 Å². The van der Waals surface area contributed by atoms with Gasteiger partial charge in [-0.15, -0.1) is 0 Å². The zero-order chi connectivity index (χ0) is 26.8. The maximum Gasteiger partial charge on any atom is 0.331 e. The van der Waals surface area contributed by atoms with Gasteiger partial charge in [-0.3, -0.25) is 9.59 Å². The van der Waals surface area contributed by atoms with Crippen molar-refractivity contribution in [2.75, 3.05) is 0 Å². The summed E-state index contributed by atoms with van der Waals surface area (Å²) in [6.07, 6.45) is 12.2. The van der Waals surface area contributed by atoms with Gasteiger partial charge in [0.1, 0.15) is 6.10 Å². The molecule has 1 N–H and O–H groups in total. The molecule has 0 radical (unpaired) electrons. The van der Waals surface area contributed by atoms with Gasteiger partial charge in [0.15, 0.2) is 5.60 Å². The van der Waals surface area contributed by atoms with E-state index in [2.05, 4.69) is 20.8 Å². The lowest BCUT2D eigenvalue weighted by Gasteiger charge is -2.34. The average Bonchev–Trinajstić information content (AvgIpc) is 3.21. The van der Waals surface area contributed by atoms with Crippen molar-refractivity contribution in [3.63, 3.8) is 0 Å². The number of carbonyl (C=O) groups is 3. The summed E-state index contributed by atoms with van der Waals surface area (Å²) in [7, 11) is 0. The molecular weight excluding hydrogens is 456 g/mol. The van der Waals surface area contributed by atoms with E-state index >= 15 is 0 Å². The summed E-state index contributed by atoms with van der Waals surface area (Å²) in [4.78, 5) is 38.7. The summed E-state index contributed by atoms with van der Waals surface area (Å²) in [5.41, 5.74) is -0.238. The van der Waals surface area contributed by atoms with Crippen molar-refractivity contribution in [2.45, 2.75) is 92.0 Å². The maximum absolute atomic E-state index is 13.9. The fourth-order valence-electron chi connectivity index (χ4n) is 6.10. The molecule has 0 aliphatic heterocycles. The molecule has 0 heterocycles. The summed E-state index contributed by atoms with van der Waals surface area (Å²) >= 11 is 0. The summed E-state index contributed by atoms with van der Waals surface area (Å²) in [5.74, 6) is -1.87. The van der Waals surface area contributed by atoms with Crippen LogP contribution in [0.3, 0.4) is 0 Å². The van der Waals surface area contributed by atoms with Gasteiger partial charge < -0.3 is 14.6 Å².